The minimum atomic E-state index is -0.271. The number of carbonyl (C=O) groups excluding carboxylic acids is 3. The fourth-order valence-electron chi connectivity index (χ4n) is 3.31. The first-order valence-electron chi connectivity index (χ1n) is 9.32. The van der Waals surface area contributed by atoms with E-state index in [-0.39, 0.29) is 24.3 Å². The topological polar surface area (TPSA) is 66.5 Å². The number of carbonyl (C=O) groups is 3. The third-order valence-electron chi connectivity index (χ3n) is 4.74. The lowest BCUT2D eigenvalue weighted by molar-refractivity contribution is -0.121. The number of nitrogens with zero attached hydrogens (tertiary/aromatic N) is 1. The van der Waals surface area contributed by atoms with Crippen LogP contribution in [0.15, 0.2) is 54.6 Å². The first-order valence-corrected chi connectivity index (χ1v) is 9.32. The van der Waals surface area contributed by atoms with Crippen molar-refractivity contribution in [2.24, 2.45) is 5.92 Å². The molecule has 140 valence electrons. The lowest BCUT2D eigenvalue weighted by Gasteiger charge is -2.15. The van der Waals surface area contributed by atoms with Gasteiger partial charge in [0.15, 0.2) is 0 Å². The molecular formula is C22H24N2O3. The highest BCUT2D eigenvalue weighted by molar-refractivity contribution is 6.21. The predicted octanol–water partition coefficient (Wildman–Crippen LogP) is 3.06. The zero-order chi connectivity index (χ0) is 19.2. The SMILES string of the molecule is CC(CNC(=O)CCCN1C(=O)c2ccccc2C1=O)Cc1ccccc1. The molecule has 5 nitrogen and oxygen atoms in total. The Morgan fingerprint density at radius 2 is 1.56 bits per heavy atom. The Balaban J connectivity index is 1.39. The molecule has 0 radical (unpaired) electrons. The molecule has 0 saturated heterocycles. The number of hydrogen-bond donors (Lipinski definition) is 1. The largest absolute Gasteiger partial charge is 0.356 e. The molecule has 2 aromatic rings. The van der Waals surface area contributed by atoms with Crippen molar-refractivity contribution >= 4 is 17.7 Å². The van der Waals surface area contributed by atoms with Gasteiger partial charge in [0.1, 0.15) is 0 Å². The summed E-state index contributed by atoms with van der Waals surface area (Å²) in [5.74, 6) is -0.251. The van der Waals surface area contributed by atoms with Crippen molar-refractivity contribution in [2.45, 2.75) is 26.2 Å². The van der Waals surface area contributed by atoms with E-state index < -0.39 is 0 Å². The fraction of sp³-hybridized carbons (Fsp3) is 0.318. The highest BCUT2D eigenvalue weighted by atomic mass is 16.2. The summed E-state index contributed by atoms with van der Waals surface area (Å²) in [6.07, 6.45) is 1.67. The summed E-state index contributed by atoms with van der Waals surface area (Å²) in [5.41, 5.74) is 2.15. The maximum Gasteiger partial charge on any atom is 0.261 e. The minimum Gasteiger partial charge on any atom is -0.356 e. The molecule has 27 heavy (non-hydrogen) atoms. The molecule has 0 aromatic heterocycles. The second kappa shape index (κ2) is 8.62. The van der Waals surface area contributed by atoms with E-state index in [0.717, 1.165) is 6.42 Å². The van der Waals surface area contributed by atoms with E-state index in [9.17, 15) is 14.4 Å². The van der Waals surface area contributed by atoms with Crippen molar-refractivity contribution in [3.05, 3.63) is 71.3 Å². The van der Waals surface area contributed by atoms with Gasteiger partial charge in [-0.25, -0.2) is 0 Å². The number of imide groups is 1. The fourth-order valence-corrected chi connectivity index (χ4v) is 3.31. The zero-order valence-electron chi connectivity index (χ0n) is 15.5. The molecule has 0 saturated carbocycles. The van der Waals surface area contributed by atoms with Gasteiger partial charge in [-0.1, -0.05) is 49.4 Å². The average Bonchev–Trinajstić information content (AvgIpc) is 2.92. The predicted molar refractivity (Wildman–Crippen MR) is 103 cm³/mol. The van der Waals surface area contributed by atoms with E-state index in [4.69, 9.17) is 0 Å². The zero-order valence-corrected chi connectivity index (χ0v) is 15.5. The van der Waals surface area contributed by atoms with Crippen LogP contribution >= 0.6 is 0 Å². The molecule has 1 aliphatic heterocycles. The van der Waals surface area contributed by atoms with Gasteiger partial charge in [0, 0.05) is 19.5 Å². The minimum absolute atomic E-state index is 0.0495. The van der Waals surface area contributed by atoms with Gasteiger partial charge in [-0.05, 0) is 36.5 Å². The standard InChI is InChI=1S/C22H24N2O3/c1-16(14-17-8-3-2-4-9-17)15-23-20(25)12-7-13-24-21(26)18-10-5-6-11-19(18)22(24)27/h2-6,8-11,16H,7,12-15H2,1H3,(H,23,25). The van der Waals surface area contributed by atoms with E-state index in [1.54, 1.807) is 24.3 Å². The van der Waals surface area contributed by atoms with Crippen LogP contribution in [-0.2, 0) is 11.2 Å². The average molecular weight is 364 g/mol. The van der Waals surface area contributed by atoms with Crippen LogP contribution in [0.5, 0.6) is 0 Å². The molecule has 1 unspecified atom stereocenters. The number of fused-ring (bicyclic) bond motifs is 1. The van der Waals surface area contributed by atoms with Gasteiger partial charge in [0.05, 0.1) is 11.1 Å². The van der Waals surface area contributed by atoms with Crippen molar-refractivity contribution in [1.82, 2.24) is 10.2 Å². The van der Waals surface area contributed by atoms with Crippen LogP contribution in [0.4, 0.5) is 0 Å². The first-order chi connectivity index (χ1) is 13.1. The molecule has 2 aromatic carbocycles. The number of rotatable bonds is 8. The number of benzene rings is 2. The Morgan fingerprint density at radius 3 is 2.19 bits per heavy atom. The van der Waals surface area contributed by atoms with Gasteiger partial charge < -0.3 is 5.32 Å². The van der Waals surface area contributed by atoms with Crippen molar-refractivity contribution < 1.29 is 14.4 Å². The Hall–Kier alpha value is -2.95. The van der Waals surface area contributed by atoms with Crippen molar-refractivity contribution in [1.29, 1.82) is 0 Å². The Labute approximate surface area is 159 Å². The van der Waals surface area contributed by atoms with Gasteiger partial charge in [-0.3, -0.25) is 19.3 Å². The molecule has 3 amide bonds. The third-order valence-corrected chi connectivity index (χ3v) is 4.74. The van der Waals surface area contributed by atoms with Crippen LogP contribution in [0.1, 0.15) is 46.0 Å². The molecule has 0 spiro atoms. The molecular weight excluding hydrogens is 340 g/mol. The van der Waals surface area contributed by atoms with Gasteiger partial charge in [0.2, 0.25) is 5.91 Å². The van der Waals surface area contributed by atoms with Crippen LogP contribution in [0.3, 0.4) is 0 Å². The second-order valence-corrected chi connectivity index (χ2v) is 7.01. The Kier molecular flexibility index (Phi) is 6.01. The van der Waals surface area contributed by atoms with Gasteiger partial charge in [-0.15, -0.1) is 0 Å². The summed E-state index contributed by atoms with van der Waals surface area (Å²) in [6.45, 7) is 2.98. The smallest absolute Gasteiger partial charge is 0.261 e. The highest BCUT2D eigenvalue weighted by Crippen LogP contribution is 2.22. The van der Waals surface area contributed by atoms with Crippen LogP contribution < -0.4 is 5.32 Å². The maximum atomic E-state index is 12.3. The summed E-state index contributed by atoms with van der Waals surface area (Å²) >= 11 is 0. The van der Waals surface area contributed by atoms with Crippen molar-refractivity contribution in [2.75, 3.05) is 13.1 Å². The van der Waals surface area contributed by atoms with Crippen LogP contribution in [0, 0.1) is 5.92 Å². The van der Waals surface area contributed by atoms with E-state index in [2.05, 4.69) is 24.4 Å². The summed E-state index contributed by atoms with van der Waals surface area (Å²) in [7, 11) is 0. The monoisotopic (exact) mass is 364 g/mol. The van der Waals surface area contributed by atoms with Crippen molar-refractivity contribution in [3.63, 3.8) is 0 Å². The van der Waals surface area contributed by atoms with E-state index in [1.807, 2.05) is 18.2 Å². The van der Waals surface area contributed by atoms with Crippen LogP contribution in [0.25, 0.3) is 0 Å². The highest BCUT2D eigenvalue weighted by Gasteiger charge is 2.34. The number of nitrogens with one attached hydrogen (secondary N) is 1. The maximum absolute atomic E-state index is 12.3. The lowest BCUT2D eigenvalue weighted by Crippen LogP contribution is -2.33. The second-order valence-electron chi connectivity index (χ2n) is 7.01. The summed E-state index contributed by atoms with van der Waals surface area (Å²) in [5, 5.41) is 2.94. The molecule has 1 atom stereocenters. The summed E-state index contributed by atoms with van der Waals surface area (Å²) in [4.78, 5) is 37.8. The Bertz CT molecular complexity index is 797. The molecule has 1 N–H and O–H groups in total. The lowest BCUT2D eigenvalue weighted by atomic mass is 10.0. The molecule has 0 fully saturated rings. The van der Waals surface area contributed by atoms with Crippen LogP contribution in [-0.4, -0.2) is 35.7 Å². The Morgan fingerprint density at radius 1 is 0.963 bits per heavy atom. The number of hydrogen-bond acceptors (Lipinski definition) is 3. The molecule has 1 aliphatic rings. The number of amides is 3. The van der Waals surface area contributed by atoms with Gasteiger partial charge in [0.25, 0.3) is 11.8 Å². The molecule has 3 rings (SSSR count). The van der Waals surface area contributed by atoms with E-state index in [0.29, 0.717) is 36.4 Å². The van der Waals surface area contributed by atoms with Crippen molar-refractivity contribution in [3.8, 4) is 0 Å². The van der Waals surface area contributed by atoms with Gasteiger partial charge in [-0.2, -0.15) is 0 Å². The van der Waals surface area contributed by atoms with Gasteiger partial charge >= 0.3 is 0 Å². The van der Waals surface area contributed by atoms with Crippen LogP contribution in [0.2, 0.25) is 0 Å². The quantitative estimate of drug-likeness (QED) is 0.732. The molecule has 1 heterocycles. The summed E-state index contributed by atoms with van der Waals surface area (Å²) in [6, 6.07) is 17.0. The normalized spacial score (nSPS) is 14.2. The third kappa shape index (κ3) is 4.61. The molecule has 0 aliphatic carbocycles. The van der Waals surface area contributed by atoms with E-state index >= 15 is 0 Å². The first kappa shape index (κ1) is 18.8. The summed E-state index contributed by atoms with van der Waals surface area (Å²) < 4.78 is 0. The molecule has 0 bridgehead atoms. The van der Waals surface area contributed by atoms with E-state index in [1.165, 1.54) is 10.5 Å². The molecule has 5 heteroatoms.